The number of thioether (sulfide) groups is 1. The molecule has 3 heterocycles. The summed E-state index contributed by atoms with van der Waals surface area (Å²) in [5.41, 5.74) is 2.59. The van der Waals surface area contributed by atoms with E-state index in [1.54, 1.807) is 42.5 Å². The quantitative estimate of drug-likeness (QED) is 0.145. The highest BCUT2D eigenvalue weighted by atomic mass is 35.5. The molecule has 0 unspecified atom stereocenters. The van der Waals surface area contributed by atoms with Crippen molar-refractivity contribution in [3.8, 4) is 5.75 Å². The summed E-state index contributed by atoms with van der Waals surface area (Å²) >= 11 is 14.1. The van der Waals surface area contributed by atoms with Gasteiger partial charge in [0.15, 0.2) is 0 Å². The third-order valence-corrected chi connectivity index (χ3v) is 8.65. The number of nitrogens with zero attached hydrogens (tertiary/aromatic N) is 3. The molecule has 1 fully saturated rings. The number of benzene rings is 2. The number of carbonyl (C=O) groups is 1. The number of hydrogen-bond acceptors (Lipinski definition) is 7. The van der Waals surface area contributed by atoms with Crippen LogP contribution in [0.5, 0.6) is 5.75 Å². The number of rotatable bonds is 7. The molecule has 1 aliphatic rings. The van der Waals surface area contributed by atoms with Gasteiger partial charge in [0.2, 0.25) is 0 Å². The Hall–Kier alpha value is -3.11. The molecule has 2 aromatic heterocycles. The van der Waals surface area contributed by atoms with E-state index in [9.17, 15) is 9.59 Å². The summed E-state index contributed by atoms with van der Waals surface area (Å²) in [5.74, 6) is 0.560. The van der Waals surface area contributed by atoms with Gasteiger partial charge in [-0.15, -0.1) is 0 Å². The number of hydrogen-bond donors (Lipinski definition) is 0. The van der Waals surface area contributed by atoms with Crippen molar-refractivity contribution in [2.45, 2.75) is 23.3 Å². The van der Waals surface area contributed by atoms with Crippen molar-refractivity contribution >= 4 is 69.3 Å². The lowest BCUT2D eigenvalue weighted by molar-refractivity contribution is -0.122. The van der Waals surface area contributed by atoms with Crippen LogP contribution in [0.25, 0.3) is 11.7 Å². The third kappa shape index (κ3) is 5.51. The molecule has 4 aromatic rings. The van der Waals surface area contributed by atoms with Gasteiger partial charge in [-0.1, -0.05) is 65.5 Å². The Bertz CT molecular complexity index is 1630. The highest BCUT2D eigenvalue weighted by molar-refractivity contribution is 8.26. The average molecular weight is 580 g/mol. The molecule has 5 rings (SSSR count). The molecule has 0 spiro atoms. The Labute approximate surface area is 238 Å². The number of methoxy groups -OCH3 is 1. The summed E-state index contributed by atoms with van der Waals surface area (Å²) in [6.07, 6.45) is 3.95. The lowest BCUT2D eigenvalue weighted by Crippen LogP contribution is -2.30. The van der Waals surface area contributed by atoms with Crippen LogP contribution in [0.2, 0.25) is 5.02 Å². The second-order valence-corrected chi connectivity index (χ2v) is 11.7. The van der Waals surface area contributed by atoms with E-state index >= 15 is 0 Å². The minimum Gasteiger partial charge on any atom is -0.497 e. The Morgan fingerprint density at radius 3 is 2.55 bits per heavy atom. The summed E-state index contributed by atoms with van der Waals surface area (Å²) < 4.78 is 7.19. The zero-order valence-electron chi connectivity index (χ0n) is 20.5. The molecule has 10 heteroatoms. The molecule has 6 nitrogen and oxygen atoms in total. The van der Waals surface area contributed by atoms with Crippen molar-refractivity contribution in [2.75, 3.05) is 13.7 Å². The fraction of sp³-hybridized carbons (Fsp3) is 0.143. The van der Waals surface area contributed by atoms with Crippen LogP contribution in [0.3, 0.4) is 0 Å². The minimum absolute atomic E-state index is 0.218. The molecular formula is C28H22ClN3O3S3. The topological polar surface area (TPSA) is 63.9 Å². The average Bonchev–Trinajstić information content (AvgIpc) is 3.19. The Kier molecular flexibility index (Phi) is 7.90. The van der Waals surface area contributed by atoms with Gasteiger partial charge in [0.05, 0.1) is 17.6 Å². The predicted octanol–water partition coefficient (Wildman–Crippen LogP) is 6.26. The van der Waals surface area contributed by atoms with E-state index in [4.69, 9.17) is 33.5 Å². The zero-order valence-corrected chi connectivity index (χ0v) is 23.7. The highest BCUT2D eigenvalue weighted by Gasteiger charge is 2.32. The predicted molar refractivity (Wildman–Crippen MR) is 158 cm³/mol. The van der Waals surface area contributed by atoms with Gasteiger partial charge in [-0.25, -0.2) is 4.98 Å². The first-order valence-electron chi connectivity index (χ1n) is 11.7. The molecule has 192 valence electrons. The van der Waals surface area contributed by atoms with Crippen LogP contribution < -0.4 is 10.3 Å². The minimum atomic E-state index is -0.251. The fourth-order valence-electron chi connectivity index (χ4n) is 3.96. The number of thiocarbonyl (C=S) groups is 1. The Morgan fingerprint density at radius 1 is 1.11 bits per heavy atom. The molecular weight excluding hydrogens is 558 g/mol. The molecule has 0 saturated carbocycles. The second kappa shape index (κ2) is 11.3. The van der Waals surface area contributed by atoms with Crippen LogP contribution in [-0.4, -0.2) is 38.2 Å². The number of amides is 1. The number of carbonyl (C=O) groups excluding carboxylic acids is 1. The first-order valence-corrected chi connectivity index (χ1v) is 14.1. The molecule has 2 aromatic carbocycles. The second-order valence-electron chi connectivity index (χ2n) is 8.51. The van der Waals surface area contributed by atoms with Crippen molar-refractivity contribution in [2.24, 2.45) is 0 Å². The van der Waals surface area contributed by atoms with E-state index in [1.807, 2.05) is 49.4 Å². The summed E-state index contributed by atoms with van der Waals surface area (Å²) in [6.45, 7) is 2.35. The SMILES string of the molecule is COc1ccc(CCN2C(=O)/C(=C\c3c(Sc4ccc(Cl)cc4)nc4c(C)cccn4c3=O)SC2=S)cc1. The van der Waals surface area contributed by atoms with Gasteiger partial charge in [-0.2, -0.15) is 0 Å². The first-order chi connectivity index (χ1) is 18.3. The molecule has 1 amide bonds. The molecule has 1 aliphatic heterocycles. The largest absolute Gasteiger partial charge is 0.497 e. The van der Waals surface area contributed by atoms with Gasteiger partial charge < -0.3 is 4.74 Å². The van der Waals surface area contributed by atoms with Crippen LogP contribution in [0.1, 0.15) is 16.7 Å². The Morgan fingerprint density at radius 2 is 1.84 bits per heavy atom. The van der Waals surface area contributed by atoms with Gasteiger partial charge in [0, 0.05) is 22.7 Å². The van der Waals surface area contributed by atoms with Crippen molar-refractivity contribution in [3.63, 3.8) is 0 Å². The van der Waals surface area contributed by atoms with Crippen molar-refractivity contribution in [3.05, 3.63) is 104 Å². The molecule has 0 atom stereocenters. The zero-order chi connectivity index (χ0) is 26.8. The number of aromatic nitrogens is 2. The standard InChI is InChI=1S/C28H22ClN3O3S3/c1-17-4-3-14-31-24(17)30-25(37-21-11-7-19(29)8-12-21)22(26(31)33)16-23-27(34)32(28(36)38-23)15-13-18-5-9-20(35-2)10-6-18/h3-12,14,16H,13,15H2,1-2H3/b23-16+. The van der Waals surface area contributed by atoms with E-state index in [-0.39, 0.29) is 11.5 Å². The highest BCUT2D eigenvalue weighted by Crippen LogP contribution is 2.35. The lowest BCUT2D eigenvalue weighted by atomic mass is 10.1. The third-order valence-electron chi connectivity index (χ3n) is 6.01. The van der Waals surface area contributed by atoms with Crippen LogP contribution in [0.15, 0.2) is 86.5 Å². The molecule has 0 aliphatic carbocycles. The van der Waals surface area contributed by atoms with Crippen LogP contribution in [0, 0.1) is 6.92 Å². The van der Waals surface area contributed by atoms with Gasteiger partial charge in [0.25, 0.3) is 11.5 Å². The maximum Gasteiger partial charge on any atom is 0.266 e. The summed E-state index contributed by atoms with van der Waals surface area (Å²) in [7, 11) is 1.62. The number of halogens is 1. The summed E-state index contributed by atoms with van der Waals surface area (Å²) in [6, 6.07) is 18.8. The normalized spacial score (nSPS) is 14.6. The summed E-state index contributed by atoms with van der Waals surface area (Å²) in [4.78, 5) is 34.7. The van der Waals surface area contributed by atoms with E-state index in [1.165, 1.54) is 27.9 Å². The molecule has 0 radical (unpaired) electrons. The van der Waals surface area contributed by atoms with Gasteiger partial charge >= 0.3 is 0 Å². The number of ether oxygens (including phenoxy) is 1. The van der Waals surface area contributed by atoms with Crippen molar-refractivity contribution < 1.29 is 9.53 Å². The maximum atomic E-state index is 13.6. The van der Waals surface area contributed by atoms with E-state index in [0.717, 1.165) is 21.8 Å². The lowest BCUT2D eigenvalue weighted by Gasteiger charge is -2.14. The number of aryl methyl sites for hydroxylation is 1. The van der Waals surface area contributed by atoms with Crippen LogP contribution in [-0.2, 0) is 11.2 Å². The van der Waals surface area contributed by atoms with Gasteiger partial charge in [-0.3, -0.25) is 18.9 Å². The first kappa shape index (κ1) is 26.5. The van der Waals surface area contributed by atoms with Gasteiger partial charge in [-0.05, 0) is 73.0 Å². The molecule has 38 heavy (non-hydrogen) atoms. The van der Waals surface area contributed by atoms with E-state index < -0.39 is 0 Å². The van der Waals surface area contributed by atoms with E-state index in [0.29, 0.717) is 43.5 Å². The molecule has 0 bridgehead atoms. The summed E-state index contributed by atoms with van der Waals surface area (Å²) in [5, 5.41) is 1.13. The molecule has 0 N–H and O–H groups in total. The number of pyridine rings is 1. The maximum absolute atomic E-state index is 13.6. The Balaban J connectivity index is 1.48. The number of fused-ring (bicyclic) bond motifs is 1. The monoisotopic (exact) mass is 579 g/mol. The van der Waals surface area contributed by atoms with Crippen molar-refractivity contribution in [1.29, 1.82) is 0 Å². The fourth-order valence-corrected chi connectivity index (χ4v) is 6.26. The van der Waals surface area contributed by atoms with Crippen LogP contribution in [0.4, 0.5) is 0 Å². The molecule has 1 saturated heterocycles. The smallest absolute Gasteiger partial charge is 0.266 e. The van der Waals surface area contributed by atoms with E-state index in [2.05, 4.69) is 0 Å². The van der Waals surface area contributed by atoms with Gasteiger partial charge in [0.1, 0.15) is 20.7 Å². The van der Waals surface area contributed by atoms with Crippen molar-refractivity contribution in [1.82, 2.24) is 14.3 Å². The van der Waals surface area contributed by atoms with Crippen LogP contribution >= 0.6 is 47.3 Å².